The highest BCUT2D eigenvalue weighted by Crippen LogP contribution is 2.13. The maximum absolute atomic E-state index is 8.58. The van der Waals surface area contributed by atoms with Crippen molar-refractivity contribution in [1.29, 1.82) is 0 Å². The van der Waals surface area contributed by atoms with Crippen LogP contribution in [0, 0.1) is 0 Å². The Morgan fingerprint density at radius 2 is 0.465 bits per heavy atom. The quantitative estimate of drug-likeness (QED) is 0.0782. The molecule has 0 aliphatic heterocycles. The van der Waals surface area contributed by atoms with Crippen molar-refractivity contribution >= 4 is 0 Å². The fourth-order valence-corrected chi connectivity index (χ4v) is 4.46. The van der Waals surface area contributed by atoms with Gasteiger partial charge in [0.25, 0.3) is 0 Å². The molecule has 0 saturated heterocycles. The van der Waals surface area contributed by atoms with Crippen molar-refractivity contribution in [3.05, 3.63) is 0 Å². The maximum Gasteiger partial charge on any atom is 0.0701 e. The average molecular weight is 623 g/mol. The summed E-state index contributed by atoms with van der Waals surface area (Å²) in [5, 5.41) is 8.58. The van der Waals surface area contributed by atoms with Gasteiger partial charge in [0.15, 0.2) is 0 Å². The van der Waals surface area contributed by atoms with Gasteiger partial charge in [-0.15, -0.1) is 0 Å². The summed E-state index contributed by atoms with van der Waals surface area (Å²) in [4.78, 5) is 0. The molecule has 0 bridgehead atoms. The van der Waals surface area contributed by atoms with Crippen molar-refractivity contribution in [2.75, 3.05) is 112 Å². The third-order valence-corrected chi connectivity index (χ3v) is 6.98. The third kappa shape index (κ3) is 41.6. The van der Waals surface area contributed by atoms with E-state index in [1.807, 2.05) is 0 Å². The number of hydrogen-bond acceptors (Lipinski definition) is 9. The van der Waals surface area contributed by atoms with Crippen molar-refractivity contribution < 1.29 is 43.0 Å². The van der Waals surface area contributed by atoms with Crippen LogP contribution in [0.3, 0.4) is 0 Å². The molecule has 0 fully saturated rings. The van der Waals surface area contributed by atoms with Crippen LogP contribution in [-0.2, 0) is 37.9 Å². The van der Waals surface area contributed by atoms with E-state index in [0.29, 0.717) is 99.1 Å². The standard InChI is InChI=1S/C34H70O9/c1-2-3-4-5-6-7-8-9-10-11-12-13-14-15-16-17-19-36-21-23-38-25-27-40-29-31-42-33-34-43-32-30-41-28-26-39-24-22-37-20-18-35/h35H,2-34H2,1H3. The molecule has 260 valence electrons. The zero-order valence-corrected chi connectivity index (χ0v) is 28.0. The Bertz CT molecular complexity index is 431. The van der Waals surface area contributed by atoms with Crippen LogP contribution in [0.5, 0.6) is 0 Å². The zero-order valence-electron chi connectivity index (χ0n) is 28.0. The lowest BCUT2D eigenvalue weighted by Crippen LogP contribution is -2.15. The van der Waals surface area contributed by atoms with Gasteiger partial charge < -0.3 is 43.0 Å². The van der Waals surface area contributed by atoms with Gasteiger partial charge in [-0.1, -0.05) is 103 Å². The Balaban J connectivity index is 3.02. The SMILES string of the molecule is CCCCCCCCCCCCCCCCCCOCCOCCOCCOCCOCCOCCOCCOCCO. The highest BCUT2D eigenvalue weighted by molar-refractivity contribution is 4.50. The normalized spacial score (nSPS) is 11.6. The highest BCUT2D eigenvalue weighted by Gasteiger charge is 1.97. The molecule has 0 rings (SSSR count). The van der Waals surface area contributed by atoms with E-state index in [9.17, 15) is 0 Å². The van der Waals surface area contributed by atoms with Crippen LogP contribution in [0.1, 0.15) is 110 Å². The third-order valence-electron chi connectivity index (χ3n) is 6.98. The molecule has 0 saturated carbocycles. The maximum atomic E-state index is 8.58. The van der Waals surface area contributed by atoms with E-state index in [4.69, 9.17) is 43.0 Å². The summed E-state index contributed by atoms with van der Waals surface area (Å²) >= 11 is 0. The molecular formula is C34H70O9. The Labute approximate surface area is 264 Å². The summed E-state index contributed by atoms with van der Waals surface area (Å²) in [6.45, 7) is 11.2. The van der Waals surface area contributed by atoms with Gasteiger partial charge in [0.1, 0.15) is 0 Å². The van der Waals surface area contributed by atoms with E-state index >= 15 is 0 Å². The topological polar surface area (TPSA) is 94.1 Å². The molecule has 43 heavy (non-hydrogen) atoms. The van der Waals surface area contributed by atoms with E-state index < -0.39 is 0 Å². The largest absolute Gasteiger partial charge is 0.394 e. The second kappa shape index (κ2) is 41.6. The fraction of sp³-hybridized carbons (Fsp3) is 1.00. The van der Waals surface area contributed by atoms with Crippen molar-refractivity contribution in [2.45, 2.75) is 110 Å². The van der Waals surface area contributed by atoms with Gasteiger partial charge in [0, 0.05) is 6.61 Å². The van der Waals surface area contributed by atoms with Crippen LogP contribution in [-0.4, -0.2) is 117 Å². The molecule has 0 heterocycles. The number of ether oxygens (including phenoxy) is 8. The lowest BCUT2D eigenvalue weighted by molar-refractivity contribution is -0.0238. The van der Waals surface area contributed by atoms with Crippen molar-refractivity contribution in [2.24, 2.45) is 0 Å². The lowest BCUT2D eigenvalue weighted by atomic mass is 10.0. The predicted molar refractivity (Wildman–Crippen MR) is 173 cm³/mol. The number of unbranched alkanes of at least 4 members (excludes halogenated alkanes) is 15. The molecule has 9 nitrogen and oxygen atoms in total. The Morgan fingerprint density at radius 1 is 0.256 bits per heavy atom. The molecule has 0 aromatic carbocycles. The molecule has 0 aliphatic carbocycles. The molecule has 0 amide bonds. The minimum absolute atomic E-state index is 0.0353. The second-order valence-electron chi connectivity index (χ2n) is 10.9. The van der Waals surface area contributed by atoms with Gasteiger partial charge in [-0.05, 0) is 6.42 Å². The van der Waals surface area contributed by atoms with Gasteiger partial charge in [-0.25, -0.2) is 0 Å². The van der Waals surface area contributed by atoms with E-state index in [0.717, 1.165) is 13.0 Å². The van der Waals surface area contributed by atoms with Crippen LogP contribution in [0.15, 0.2) is 0 Å². The summed E-state index contributed by atoms with van der Waals surface area (Å²) in [5.74, 6) is 0. The molecule has 1 N–H and O–H groups in total. The van der Waals surface area contributed by atoms with Gasteiger partial charge in [-0.3, -0.25) is 0 Å². The molecule has 0 spiro atoms. The van der Waals surface area contributed by atoms with Gasteiger partial charge in [0.05, 0.1) is 106 Å². The fourth-order valence-electron chi connectivity index (χ4n) is 4.46. The van der Waals surface area contributed by atoms with E-state index in [-0.39, 0.29) is 6.61 Å². The van der Waals surface area contributed by atoms with Crippen LogP contribution in [0.2, 0.25) is 0 Å². The molecule has 9 heteroatoms. The first-order valence-corrected chi connectivity index (χ1v) is 17.6. The molecular weight excluding hydrogens is 552 g/mol. The van der Waals surface area contributed by atoms with E-state index in [2.05, 4.69) is 6.92 Å². The number of hydrogen-bond donors (Lipinski definition) is 1. The summed E-state index contributed by atoms with van der Waals surface area (Å²) in [6.07, 6.45) is 22.2. The van der Waals surface area contributed by atoms with Crippen molar-refractivity contribution in [3.63, 3.8) is 0 Å². The van der Waals surface area contributed by atoms with Crippen molar-refractivity contribution in [3.8, 4) is 0 Å². The first-order valence-electron chi connectivity index (χ1n) is 17.6. The van der Waals surface area contributed by atoms with E-state index in [1.165, 1.54) is 96.3 Å². The van der Waals surface area contributed by atoms with Gasteiger partial charge in [0.2, 0.25) is 0 Å². The van der Waals surface area contributed by atoms with Crippen LogP contribution in [0.4, 0.5) is 0 Å². The molecule has 0 radical (unpaired) electrons. The minimum Gasteiger partial charge on any atom is -0.394 e. The molecule has 0 unspecified atom stereocenters. The van der Waals surface area contributed by atoms with Crippen LogP contribution >= 0.6 is 0 Å². The Kier molecular flexibility index (Phi) is 41.3. The monoisotopic (exact) mass is 623 g/mol. The second-order valence-corrected chi connectivity index (χ2v) is 10.9. The molecule has 0 atom stereocenters. The number of rotatable bonds is 40. The first kappa shape index (κ1) is 42.6. The number of aliphatic hydroxyl groups is 1. The molecule has 0 aliphatic rings. The van der Waals surface area contributed by atoms with Crippen LogP contribution < -0.4 is 0 Å². The minimum atomic E-state index is 0.0353. The average Bonchev–Trinajstić information content (AvgIpc) is 3.02. The zero-order chi connectivity index (χ0) is 31.0. The Morgan fingerprint density at radius 3 is 0.721 bits per heavy atom. The molecule has 0 aromatic heterocycles. The lowest BCUT2D eigenvalue weighted by Gasteiger charge is -2.08. The van der Waals surface area contributed by atoms with Gasteiger partial charge >= 0.3 is 0 Å². The van der Waals surface area contributed by atoms with E-state index in [1.54, 1.807) is 0 Å². The van der Waals surface area contributed by atoms with Crippen LogP contribution in [0.25, 0.3) is 0 Å². The molecule has 0 aromatic rings. The van der Waals surface area contributed by atoms with Gasteiger partial charge in [-0.2, -0.15) is 0 Å². The Hall–Kier alpha value is -0.360. The summed E-state index contributed by atoms with van der Waals surface area (Å²) in [5.41, 5.74) is 0. The number of aliphatic hydroxyl groups excluding tert-OH is 1. The predicted octanol–water partition coefficient (Wildman–Crippen LogP) is 6.37. The summed E-state index contributed by atoms with van der Waals surface area (Å²) in [6, 6.07) is 0. The smallest absolute Gasteiger partial charge is 0.0701 e. The van der Waals surface area contributed by atoms with Crippen molar-refractivity contribution in [1.82, 2.24) is 0 Å². The first-order chi connectivity index (χ1) is 21.4. The summed E-state index contributed by atoms with van der Waals surface area (Å²) < 4.78 is 43.5. The summed E-state index contributed by atoms with van der Waals surface area (Å²) in [7, 11) is 0. The highest BCUT2D eigenvalue weighted by atomic mass is 16.6.